The topological polar surface area (TPSA) is 106 Å². The molecule has 10 heteroatoms. The van der Waals surface area contributed by atoms with Crippen LogP contribution >= 0.6 is 23.2 Å². The predicted octanol–water partition coefficient (Wildman–Crippen LogP) is 4.93. The zero-order valence-corrected chi connectivity index (χ0v) is 16.8. The van der Waals surface area contributed by atoms with Crippen molar-refractivity contribution in [3.8, 4) is 0 Å². The van der Waals surface area contributed by atoms with Crippen LogP contribution in [0.15, 0.2) is 71.6 Å². The van der Waals surface area contributed by atoms with Gasteiger partial charge >= 0.3 is 0 Å². The molecule has 0 radical (unpaired) electrons. The lowest BCUT2D eigenvalue weighted by Crippen LogP contribution is -2.17. The molecule has 0 fully saturated rings. The molecule has 1 N–H and O–H groups in total. The molecule has 0 saturated carbocycles. The Morgan fingerprint density at radius 3 is 2.21 bits per heavy atom. The molecule has 0 bridgehead atoms. The second-order valence-electron chi connectivity index (χ2n) is 5.86. The van der Waals surface area contributed by atoms with Crippen LogP contribution in [0.3, 0.4) is 0 Å². The Labute approximate surface area is 176 Å². The first-order valence-electron chi connectivity index (χ1n) is 8.05. The average Bonchev–Trinajstić information content (AvgIpc) is 2.69. The van der Waals surface area contributed by atoms with Crippen LogP contribution in [0.2, 0.25) is 10.0 Å². The number of nitrogens with one attached hydrogen (secondary N) is 1. The van der Waals surface area contributed by atoms with Gasteiger partial charge in [-0.1, -0.05) is 53.5 Å². The summed E-state index contributed by atoms with van der Waals surface area (Å²) in [4.78, 5) is 22.7. The van der Waals surface area contributed by atoms with Gasteiger partial charge < -0.3 is 0 Å². The Balaban J connectivity index is 2.07. The van der Waals surface area contributed by atoms with Gasteiger partial charge in [-0.05, 0) is 30.3 Å². The van der Waals surface area contributed by atoms with E-state index < -0.39 is 31.3 Å². The average molecular weight is 451 g/mol. The van der Waals surface area contributed by atoms with Crippen molar-refractivity contribution in [3.63, 3.8) is 0 Å². The molecule has 0 saturated heterocycles. The molecule has 0 unspecified atom stereocenters. The van der Waals surface area contributed by atoms with E-state index in [2.05, 4.69) is 4.72 Å². The van der Waals surface area contributed by atoms with E-state index in [1.165, 1.54) is 24.3 Å². The number of ketones is 1. The lowest BCUT2D eigenvalue weighted by Gasteiger charge is -2.13. The van der Waals surface area contributed by atoms with E-state index in [0.717, 1.165) is 12.1 Å². The smallest absolute Gasteiger partial charge is 0.289 e. The molecule has 0 aliphatic carbocycles. The van der Waals surface area contributed by atoms with Crippen LogP contribution in [0.25, 0.3) is 0 Å². The molecular formula is C19H12Cl2N2O5S. The van der Waals surface area contributed by atoms with E-state index in [1.807, 2.05) is 0 Å². The first-order valence-corrected chi connectivity index (χ1v) is 10.3. The summed E-state index contributed by atoms with van der Waals surface area (Å²) in [7, 11) is -4.40. The number of benzene rings is 3. The maximum absolute atomic E-state index is 12.8. The summed E-state index contributed by atoms with van der Waals surface area (Å²) in [5.74, 6) is -0.462. The molecule has 0 atom stereocenters. The van der Waals surface area contributed by atoms with Crippen molar-refractivity contribution < 1.29 is 18.1 Å². The van der Waals surface area contributed by atoms with Crippen molar-refractivity contribution in [2.24, 2.45) is 0 Å². The molecule has 7 nitrogen and oxygen atoms in total. The monoisotopic (exact) mass is 450 g/mol. The van der Waals surface area contributed by atoms with Crippen molar-refractivity contribution >= 4 is 50.4 Å². The van der Waals surface area contributed by atoms with E-state index >= 15 is 0 Å². The number of nitro benzene ring substituents is 1. The molecule has 3 aromatic carbocycles. The number of nitrogens with zero attached hydrogens (tertiary/aromatic N) is 1. The third-order valence-electron chi connectivity index (χ3n) is 3.91. The third kappa shape index (κ3) is 4.56. The molecule has 0 spiro atoms. The zero-order chi connectivity index (χ0) is 21.2. The van der Waals surface area contributed by atoms with Gasteiger partial charge in [0.25, 0.3) is 15.7 Å². The molecule has 0 aromatic heterocycles. The van der Waals surface area contributed by atoms with Gasteiger partial charge in [0.15, 0.2) is 10.7 Å². The number of carbonyl (C=O) groups is 1. The fourth-order valence-electron chi connectivity index (χ4n) is 2.60. The van der Waals surface area contributed by atoms with Gasteiger partial charge in [0.05, 0.1) is 10.6 Å². The van der Waals surface area contributed by atoms with Crippen LogP contribution in [-0.2, 0) is 10.0 Å². The highest BCUT2D eigenvalue weighted by Gasteiger charge is 2.27. The molecular weight excluding hydrogens is 439 g/mol. The summed E-state index contributed by atoms with van der Waals surface area (Å²) in [5, 5.41) is 11.5. The minimum atomic E-state index is -4.40. The van der Waals surface area contributed by atoms with Crippen molar-refractivity contribution in [3.05, 3.63) is 98.0 Å². The lowest BCUT2D eigenvalue weighted by molar-refractivity contribution is -0.387. The third-order valence-corrected chi connectivity index (χ3v) is 5.80. The highest BCUT2D eigenvalue weighted by molar-refractivity contribution is 7.92. The summed E-state index contributed by atoms with van der Waals surface area (Å²) < 4.78 is 27.9. The summed E-state index contributed by atoms with van der Waals surface area (Å²) in [6.07, 6.45) is 0. The number of halogens is 2. The molecule has 29 heavy (non-hydrogen) atoms. The van der Waals surface area contributed by atoms with Crippen molar-refractivity contribution in [1.82, 2.24) is 0 Å². The summed E-state index contributed by atoms with van der Waals surface area (Å²) in [6, 6.07) is 15.4. The number of hydrogen-bond acceptors (Lipinski definition) is 5. The van der Waals surface area contributed by atoms with Crippen molar-refractivity contribution in [2.75, 3.05) is 4.72 Å². The largest absolute Gasteiger partial charge is 0.291 e. The highest BCUT2D eigenvalue weighted by Crippen LogP contribution is 2.31. The maximum atomic E-state index is 12.8. The number of anilines is 1. The Bertz CT molecular complexity index is 1210. The summed E-state index contributed by atoms with van der Waals surface area (Å²) in [5.41, 5.74) is -0.418. The molecule has 0 aliphatic heterocycles. The standard InChI is InChI=1S/C19H12Cl2N2O5S/c20-13-6-8-16(15(10-13)19(24)12-4-2-1-3-5-12)22-29(27,28)18-9-7-14(21)11-17(18)23(25)26/h1-11,22H. The van der Waals surface area contributed by atoms with Gasteiger partial charge in [-0.3, -0.25) is 19.6 Å². The Morgan fingerprint density at radius 2 is 1.55 bits per heavy atom. The van der Waals surface area contributed by atoms with Crippen LogP contribution in [0, 0.1) is 10.1 Å². The minimum absolute atomic E-state index is 0.00360. The fraction of sp³-hybridized carbons (Fsp3) is 0. The van der Waals surface area contributed by atoms with Gasteiger partial charge in [0.2, 0.25) is 0 Å². The van der Waals surface area contributed by atoms with Crippen LogP contribution in [0.1, 0.15) is 15.9 Å². The van der Waals surface area contributed by atoms with E-state index in [0.29, 0.717) is 5.56 Å². The van der Waals surface area contributed by atoms with E-state index in [9.17, 15) is 23.3 Å². The molecule has 0 heterocycles. The SMILES string of the molecule is O=C(c1ccccc1)c1cc(Cl)ccc1NS(=O)(=O)c1ccc(Cl)cc1[N+](=O)[O-]. The second-order valence-corrected chi connectivity index (χ2v) is 8.38. The van der Waals surface area contributed by atoms with E-state index in [-0.39, 0.29) is 21.3 Å². The first kappa shape index (κ1) is 20.8. The van der Waals surface area contributed by atoms with E-state index in [1.54, 1.807) is 30.3 Å². The summed E-state index contributed by atoms with van der Waals surface area (Å²) >= 11 is 11.7. The van der Waals surface area contributed by atoms with Crippen LogP contribution in [-0.4, -0.2) is 19.1 Å². The van der Waals surface area contributed by atoms with Crippen LogP contribution < -0.4 is 4.72 Å². The molecule has 3 rings (SSSR count). The molecule has 3 aromatic rings. The second kappa shape index (κ2) is 8.20. The predicted molar refractivity (Wildman–Crippen MR) is 110 cm³/mol. The Hall–Kier alpha value is -2.94. The summed E-state index contributed by atoms with van der Waals surface area (Å²) in [6.45, 7) is 0. The maximum Gasteiger partial charge on any atom is 0.291 e. The normalized spacial score (nSPS) is 11.1. The van der Waals surface area contributed by atoms with Crippen LogP contribution in [0.4, 0.5) is 11.4 Å². The number of nitro groups is 1. The number of sulfonamides is 1. The Kier molecular flexibility index (Phi) is 5.88. The highest BCUT2D eigenvalue weighted by atomic mass is 35.5. The molecule has 0 aliphatic rings. The molecule has 148 valence electrons. The number of rotatable bonds is 6. The minimum Gasteiger partial charge on any atom is -0.289 e. The lowest BCUT2D eigenvalue weighted by atomic mass is 10.0. The van der Waals surface area contributed by atoms with Gasteiger partial charge in [-0.2, -0.15) is 0 Å². The van der Waals surface area contributed by atoms with Gasteiger partial charge in [0.1, 0.15) is 0 Å². The van der Waals surface area contributed by atoms with Gasteiger partial charge in [-0.15, -0.1) is 0 Å². The number of carbonyl (C=O) groups excluding carboxylic acids is 1. The van der Waals surface area contributed by atoms with Crippen LogP contribution in [0.5, 0.6) is 0 Å². The number of hydrogen-bond donors (Lipinski definition) is 1. The Morgan fingerprint density at radius 1 is 0.931 bits per heavy atom. The fourth-order valence-corrected chi connectivity index (χ4v) is 4.17. The van der Waals surface area contributed by atoms with Crippen molar-refractivity contribution in [1.29, 1.82) is 0 Å². The van der Waals surface area contributed by atoms with Crippen molar-refractivity contribution in [2.45, 2.75) is 4.90 Å². The van der Waals surface area contributed by atoms with E-state index in [4.69, 9.17) is 23.2 Å². The zero-order valence-electron chi connectivity index (χ0n) is 14.5. The quantitative estimate of drug-likeness (QED) is 0.325. The van der Waals surface area contributed by atoms with Gasteiger partial charge in [-0.25, -0.2) is 8.42 Å². The molecule has 0 amide bonds. The van der Waals surface area contributed by atoms with Gasteiger partial charge in [0, 0.05) is 27.2 Å². The first-order chi connectivity index (χ1) is 13.7.